The predicted octanol–water partition coefficient (Wildman–Crippen LogP) is 1.01. The average Bonchev–Trinajstić information content (AvgIpc) is 3.32. The molecule has 2 saturated heterocycles. The van der Waals surface area contributed by atoms with Gasteiger partial charge in [-0.2, -0.15) is 4.98 Å². The van der Waals surface area contributed by atoms with Crippen LogP contribution >= 0.6 is 7.82 Å². The number of aromatic amines is 1. The quantitative estimate of drug-likeness (QED) is 0.372. The van der Waals surface area contributed by atoms with Gasteiger partial charge in [0, 0.05) is 25.0 Å². The molecule has 1 unspecified atom stereocenters. The lowest BCUT2D eigenvalue weighted by molar-refractivity contribution is -0.0950. The van der Waals surface area contributed by atoms with Gasteiger partial charge in [-0.15, -0.1) is 0 Å². The van der Waals surface area contributed by atoms with Crippen LogP contribution in [0, 0.1) is 0 Å². The molecule has 2 fully saturated rings. The summed E-state index contributed by atoms with van der Waals surface area (Å²) in [6.07, 6.45) is 1.00. The predicted molar refractivity (Wildman–Crippen MR) is 117 cm³/mol. The Hall–Kier alpha value is -2.64. The topological polar surface area (TPSA) is 184 Å². The summed E-state index contributed by atoms with van der Waals surface area (Å²) in [6.45, 7) is 1.13. The van der Waals surface area contributed by atoms with Gasteiger partial charge < -0.3 is 25.3 Å². The van der Waals surface area contributed by atoms with Crippen molar-refractivity contribution in [3.63, 3.8) is 0 Å². The van der Waals surface area contributed by atoms with Crippen molar-refractivity contribution >= 4 is 24.8 Å². The maximum absolute atomic E-state index is 13.0. The maximum Gasteiger partial charge on any atom is 0.475 e. The Labute approximate surface area is 193 Å². The van der Waals surface area contributed by atoms with E-state index >= 15 is 0 Å². The molecule has 0 amide bonds. The van der Waals surface area contributed by atoms with Crippen LogP contribution in [0.15, 0.2) is 41.6 Å². The zero-order chi connectivity index (χ0) is 24.1. The number of ether oxygens (including phenoxy) is 1. The lowest BCUT2D eigenvalue weighted by atomic mass is 9.96. The third kappa shape index (κ3) is 4.05. The minimum absolute atomic E-state index is 0.108. The first kappa shape index (κ1) is 23.1. The molecule has 3 aromatic heterocycles. The van der Waals surface area contributed by atoms with E-state index in [4.69, 9.17) is 24.0 Å². The number of nitrogen functional groups attached to an aromatic ring is 1. The van der Waals surface area contributed by atoms with Crippen molar-refractivity contribution < 1.29 is 33.1 Å². The summed E-state index contributed by atoms with van der Waals surface area (Å²) in [7, 11) is -3.97. The normalized spacial score (nSPS) is 34.0. The number of hydrogen-bond acceptors (Lipinski definition) is 11. The molecule has 5 heterocycles. The van der Waals surface area contributed by atoms with Crippen molar-refractivity contribution in [2.75, 3.05) is 18.9 Å². The molecule has 5 N–H and O–H groups in total. The van der Waals surface area contributed by atoms with Crippen LogP contribution in [0.2, 0.25) is 0 Å². The van der Waals surface area contributed by atoms with Crippen LogP contribution in [0.3, 0.4) is 0 Å². The molecule has 3 aromatic rings. The molecule has 2 aliphatic heterocycles. The van der Waals surface area contributed by atoms with Gasteiger partial charge in [0.25, 0.3) is 5.56 Å². The van der Waals surface area contributed by atoms with E-state index in [0.29, 0.717) is 6.42 Å². The first-order chi connectivity index (χ1) is 16.2. The molecule has 0 aromatic carbocycles. The fourth-order valence-electron chi connectivity index (χ4n) is 4.16. The van der Waals surface area contributed by atoms with Crippen LogP contribution in [0.5, 0.6) is 0 Å². The molecule has 182 valence electrons. The number of anilines is 1. The van der Waals surface area contributed by atoms with Crippen LogP contribution in [-0.2, 0) is 22.9 Å². The smallest absolute Gasteiger partial charge is 0.387 e. The Balaban J connectivity index is 1.33. The molecule has 34 heavy (non-hydrogen) atoms. The van der Waals surface area contributed by atoms with E-state index in [-0.39, 0.29) is 30.2 Å². The zero-order valence-corrected chi connectivity index (χ0v) is 19.0. The van der Waals surface area contributed by atoms with Crippen LogP contribution in [-0.4, -0.2) is 60.8 Å². The molecule has 6 atom stereocenters. The molecule has 5 rings (SSSR count). The minimum Gasteiger partial charge on any atom is -0.387 e. The Morgan fingerprint density at radius 1 is 1.44 bits per heavy atom. The fourth-order valence-corrected chi connectivity index (χ4v) is 5.56. The summed E-state index contributed by atoms with van der Waals surface area (Å²) < 4.78 is 36.6. The maximum atomic E-state index is 13.0. The summed E-state index contributed by atoms with van der Waals surface area (Å²) in [4.78, 5) is 22.7. The number of nitrogens with zero attached hydrogens (tertiary/aromatic N) is 3. The first-order valence-corrected chi connectivity index (χ1v) is 12.0. The zero-order valence-electron chi connectivity index (χ0n) is 18.1. The van der Waals surface area contributed by atoms with Gasteiger partial charge in [0.15, 0.2) is 11.9 Å². The number of H-pyrrole nitrogens is 1. The number of nitrogens with two attached hydrogens (primary N) is 1. The summed E-state index contributed by atoms with van der Waals surface area (Å²) in [5.41, 5.74) is 4.30. The average molecular weight is 493 g/mol. The number of phosphoric acid groups is 1. The van der Waals surface area contributed by atoms with E-state index in [1.54, 1.807) is 24.5 Å². The molecule has 0 aliphatic carbocycles. The van der Waals surface area contributed by atoms with Gasteiger partial charge in [-0.25, -0.2) is 4.57 Å². The number of aliphatic hydroxyl groups is 2. The van der Waals surface area contributed by atoms with Crippen molar-refractivity contribution in [3.8, 4) is 0 Å². The number of pyridine rings is 1. The third-order valence-corrected chi connectivity index (χ3v) is 7.42. The first-order valence-electron chi connectivity index (χ1n) is 10.6. The second-order valence-electron chi connectivity index (χ2n) is 8.35. The second kappa shape index (κ2) is 8.54. The number of aromatic nitrogens is 4. The Morgan fingerprint density at radius 2 is 2.26 bits per heavy atom. The number of fused-ring (bicyclic) bond motifs is 1. The van der Waals surface area contributed by atoms with Crippen LogP contribution in [0.1, 0.15) is 31.2 Å². The van der Waals surface area contributed by atoms with Gasteiger partial charge in [-0.1, -0.05) is 6.07 Å². The van der Waals surface area contributed by atoms with E-state index in [1.807, 2.05) is 0 Å². The number of nitrogens with one attached hydrogen (secondary N) is 1. The Morgan fingerprint density at radius 3 is 3.03 bits per heavy atom. The van der Waals surface area contributed by atoms with Gasteiger partial charge in [-0.3, -0.25) is 28.3 Å². The summed E-state index contributed by atoms with van der Waals surface area (Å²) in [5.74, 6) is -0.108. The van der Waals surface area contributed by atoms with Crippen molar-refractivity contribution in [1.29, 1.82) is 0 Å². The highest BCUT2D eigenvalue weighted by molar-refractivity contribution is 7.48. The SMILES string of the molecule is C[C@@]1(O)[C@H](O)[C@@H](COP2(=O)OCC[C@H](c3cccnc3)O2)O[C@H]1n1ccc2c(=O)[nH]c(N)nc21. The third-order valence-electron chi connectivity index (χ3n) is 5.95. The highest BCUT2D eigenvalue weighted by Gasteiger charge is 2.54. The fraction of sp³-hybridized carbons (Fsp3) is 0.450. The van der Waals surface area contributed by atoms with Crippen LogP contribution < -0.4 is 11.3 Å². The van der Waals surface area contributed by atoms with E-state index in [9.17, 15) is 19.6 Å². The van der Waals surface area contributed by atoms with Crippen molar-refractivity contribution in [2.45, 2.75) is 43.5 Å². The Bertz CT molecular complexity index is 1300. The number of hydrogen-bond donors (Lipinski definition) is 4. The van der Waals surface area contributed by atoms with E-state index in [0.717, 1.165) is 5.56 Å². The van der Waals surface area contributed by atoms with Crippen LogP contribution in [0.25, 0.3) is 11.0 Å². The molecule has 13 nitrogen and oxygen atoms in total. The molecule has 0 bridgehead atoms. The van der Waals surface area contributed by atoms with E-state index in [2.05, 4.69) is 15.0 Å². The summed E-state index contributed by atoms with van der Waals surface area (Å²) in [5, 5.41) is 22.0. The lowest BCUT2D eigenvalue weighted by Crippen LogP contribution is -2.44. The number of phosphoric ester groups is 1. The van der Waals surface area contributed by atoms with Crippen molar-refractivity contribution in [3.05, 3.63) is 52.7 Å². The van der Waals surface area contributed by atoms with E-state index in [1.165, 1.54) is 23.8 Å². The molecule has 14 heteroatoms. The molecule has 2 aliphatic rings. The van der Waals surface area contributed by atoms with E-state index < -0.39 is 43.5 Å². The molecule has 0 spiro atoms. The number of rotatable bonds is 5. The van der Waals surface area contributed by atoms with Gasteiger partial charge in [0.2, 0.25) is 5.95 Å². The lowest BCUT2D eigenvalue weighted by Gasteiger charge is -2.30. The number of aliphatic hydroxyl groups excluding tert-OH is 1. The molecular formula is C20H24N5O8P. The summed E-state index contributed by atoms with van der Waals surface area (Å²) in [6, 6.07) is 5.04. The standard InChI is InChI=1S/C20H24N5O8P/c1-20(28)15(26)14(32-18(20)25-7-4-12-16(25)23-19(21)24-17(12)27)10-31-34(29)30-8-5-13(33-34)11-3-2-6-22-9-11/h2-4,6-7,9,13-15,18,26,28H,5,8,10H2,1H3,(H3,21,23,24,27)/t13-,14-,15-,18-,20-,34?/m1/s1. The van der Waals surface area contributed by atoms with Gasteiger partial charge >= 0.3 is 7.82 Å². The van der Waals surface area contributed by atoms with Crippen molar-refractivity contribution in [2.24, 2.45) is 0 Å². The molecule has 0 radical (unpaired) electrons. The van der Waals surface area contributed by atoms with Gasteiger partial charge in [0.05, 0.1) is 24.7 Å². The van der Waals surface area contributed by atoms with Gasteiger partial charge in [0.1, 0.15) is 17.8 Å². The van der Waals surface area contributed by atoms with Crippen molar-refractivity contribution in [1.82, 2.24) is 19.5 Å². The van der Waals surface area contributed by atoms with Gasteiger partial charge in [-0.05, 0) is 24.6 Å². The molecule has 0 saturated carbocycles. The Kier molecular flexibility index (Phi) is 5.81. The minimum atomic E-state index is -3.97. The highest BCUT2D eigenvalue weighted by atomic mass is 31.2. The monoisotopic (exact) mass is 493 g/mol. The second-order valence-corrected chi connectivity index (χ2v) is 9.98. The largest absolute Gasteiger partial charge is 0.475 e. The highest BCUT2D eigenvalue weighted by Crippen LogP contribution is 2.57. The molecular weight excluding hydrogens is 469 g/mol. The summed E-state index contributed by atoms with van der Waals surface area (Å²) >= 11 is 0. The van der Waals surface area contributed by atoms with Crippen LogP contribution in [0.4, 0.5) is 5.95 Å².